The SMILES string of the molecule is CCCc1ccc(F)c(S(C)(=O)=O)c1. The van der Waals surface area contributed by atoms with Gasteiger partial charge >= 0.3 is 0 Å². The van der Waals surface area contributed by atoms with Gasteiger partial charge in [0.2, 0.25) is 0 Å². The first-order valence-electron chi connectivity index (χ1n) is 4.43. The summed E-state index contributed by atoms with van der Waals surface area (Å²) in [5.41, 5.74) is 0.856. The van der Waals surface area contributed by atoms with Crippen LogP contribution in [0.1, 0.15) is 18.9 Å². The molecule has 0 saturated heterocycles. The van der Waals surface area contributed by atoms with Gasteiger partial charge in [-0.2, -0.15) is 0 Å². The van der Waals surface area contributed by atoms with Crippen molar-refractivity contribution in [2.45, 2.75) is 24.7 Å². The van der Waals surface area contributed by atoms with Crippen LogP contribution in [0, 0.1) is 5.82 Å². The average molecular weight is 216 g/mol. The summed E-state index contributed by atoms with van der Waals surface area (Å²) in [6.45, 7) is 1.99. The number of hydrogen-bond donors (Lipinski definition) is 0. The maximum Gasteiger partial charge on any atom is 0.178 e. The maximum absolute atomic E-state index is 13.1. The Balaban J connectivity index is 3.22. The Labute approximate surface area is 83.7 Å². The van der Waals surface area contributed by atoms with E-state index in [1.54, 1.807) is 6.07 Å². The van der Waals surface area contributed by atoms with Crippen LogP contribution in [0.4, 0.5) is 4.39 Å². The zero-order valence-electron chi connectivity index (χ0n) is 8.25. The lowest BCUT2D eigenvalue weighted by Gasteiger charge is -2.03. The fourth-order valence-corrected chi connectivity index (χ4v) is 2.06. The van der Waals surface area contributed by atoms with Crippen LogP contribution in [0.15, 0.2) is 23.1 Å². The third kappa shape index (κ3) is 2.54. The third-order valence-electron chi connectivity index (χ3n) is 1.93. The molecular formula is C10H13FO2S. The fourth-order valence-electron chi connectivity index (χ4n) is 1.28. The van der Waals surface area contributed by atoms with E-state index in [-0.39, 0.29) is 4.90 Å². The fraction of sp³-hybridized carbons (Fsp3) is 0.400. The Morgan fingerprint density at radius 1 is 1.36 bits per heavy atom. The molecule has 78 valence electrons. The first kappa shape index (κ1) is 11.2. The molecule has 0 radical (unpaired) electrons. The van der Waals surface area contributed by atoms with E-state index in [2.05, 4.69) is 0 Å². The quantitative estimate of drug-likeness (QED) is 0.776. The molecule has 0 unspecified atom stereocenters. The van der Waals surface area contributed by atoms with Crippen molar-refractivity contribution in [3.8, 4) is 0 Å². The molecule has 1 rings (SSSR count). The van der Waals surface area contributed by atoms with E-state index < -0.39 is 15.7 Å². The molecule has 0 aliphatic rings. The van der Waals surface area contributed by atoms with Gasteiger partial charge in [0, 0.05) is 6.26 Å². The molecule has 0 bridgehead atoms. The number of aryl methyl sites for hydroxylation is 1. The van der Waals surface area contributed by atoms with Gasteiger partial charge in [-0.1, -0.05) is 19.4 Å². The summed E-state index contributed by atoms with van der Waals surface area (Å²) in [5.74, 6) is -0.674. The second kappa shape index (κ2) is 4.09. The molecule has 14 heavy (non-hydrogen) atoms. The van der Waals surface area contributed by atoms with Crippen LogP contribution in [0.2, 0.25) is 0 Å². The number of rotatable bonds is 3. The first-order chi connectivity index (χ1) is 6.45. The van der Waals surface area contributed by atoms with E-state index in [1.165, 1.54) is 12.1 Å². The van der Waals surface area contributed by atoms with E-state index in [0.717, 1.165) is 24.7 Å². The number of hydrogen-bond acceptors (Lipinski definition) is 2. The van der Waals surface area contributed by atoms with E-state index in [4.69, 9.17) is 0 Å². The highest BCUT2D eigenvalue weighted by Gasteiger charge is 2.13. The molecule has 0 fully saturated rings. The van der Waals surface area contributed by atoms with Crippen molar-refractivity contribution in [3.05, 3.63) is 29.6 Å². The second-order valence-corrected chi connectivity index (χ2v) is 5.27. The van der Waals surface area contributed by atoms with Gasteiger partial charge in [0.25, 0.3) is 0 Å². The van der Waals surface area contributed by atoms with Crippen LogP contribution in [0.25, 0.3) is 0 Å². The zero-order valence-corrected chi connectivity index (χ0v) is 9.07. The van der Waals surface area contributed by atoms with Crippen molar-refractivity contribution in [2.75, 3.05) is 6.26 Å². The summed E-state index contributed by atoms with van der Waals surface area (Å²) in [5, 5.41) is 0. The van der Waals surface area contributed by atoms with Crippen LogP contribution in [0.3, 0.4) is 0 Å². The summed E-state index contributed by atoms with van der Waals surface area (Å²) in [4.78, 5) is -0.205. The van der Waals surface area contributed by atoms with Crippen LogP contribution < -0.4 is 0 Å². The molecule has 0 amide bonds. The molecule has 0 aromatic heterocycles. The van der Waals surface area contributed by atoms with Crippen molar-refractivity contribution >= 4 is 9.84 Å². The van der Waals surface area contributed by atoms with Gasteiger partial charge in [-0.05, 0) is 24.1 Å². The highest BCUT2D eigenvalue weighted by molar-refractivity contribution is 7.90. The van der Waals surface area contributed by atoms with E-state index >= 15 is 0 Å². The van der Waals surface area contributed by atoms with Gasteiger partial charge in [-0.3, -0.25) is 0 Å². The molecule has 0 N–H and O–H groups in total. The van der Waals surface area contributed by atoms with Crippen molar-refractivity contribution in [2.24, 2.45) is 0 Å². The molecule has 1 aromatic rings. The molecule has 0 spiro atoms. The van der Waals surface area contributed by atoms with Crippen molar-refractivity contribution in [1.82, 2.24) is 0 Å². The molecule has 0 aliphatic carbocycles. The standard InChI is InChI=1S/C10H13FO2S/c1-3-4-8-5-6-9(11)10(7-8)14(2,12)13/h5-7H,3-4H2,1-2H3. The Morgan fingerprint density at radius 3 is 2.50 bits per heavy atom. The molecule has 2 nitrogen and oxygen atoms in total. The third-order valence-corrected chi connectivity index (χ3v) is 3.05. The lowest BCUT2D eigenvalue weighted by Crippen LogP contribution is -2.01. The summed E-state index contributed by atoms with van der Waals surface area (Å²) in [6, 6.07) is 4.24. The van der Waals surface area contributed by atoms with E-state index in [0.29, 0.717) is 0 Å². The van der Waals surface area contributed by atoms with Crippen molar-refractivity contribution in [1.29, 1.82) is 0 Å². The molecule has 0 aliphatic heterocycles. The number of sulfone groups is 1. The lowest BCUT2D eigenvalue weighted by molar-refractivity contribution is 0.569. The normalized spacial score (nSPS) is 11.6. The Hall–Kier alpha value is -0.900. The predicted molar refractivity (Wildman–Crippen MR) is 53.5 cm³/mol. The van der Waals surface area contributed by atoms with Crippen molar-refractivity contribution < 1.29 is 12.8 Å². The summed E-state index contributed by atoms with van der Waals surface area (Å²) in [6.07, 6.45) is 2.69. The highest BCUT2D eigenvalue weighted by atomic mass is 32.2. The Bertz CT molecular complexity index is 424. The topological polar surface area (TPSA) is 34.1 Å². The van der Waals surface area contributed by atoms with Gasteiger partial charge in [0.05, 0.1) is 0 Å². The largest absolute Gasteiger partial charge is 0.224 e. The average Bonchev–Trinajstić information content (AvgIpc) is 2.07. The monoisotopic (exact) mass is 216 g/mol. The van der Waals surface area contributed by atoms with Crippen LogP contribution >= 0.6 is 0 Å². The molecule has 0 atom stereocenters. The predicted octanol–water partition coefficient (Wildman–Crippen LogP) is 2.18. The Morgan fingerprint density at radius 2 is 2.00 bits per heavy atom. The van der Waals surface area contributed by atoms with E-state index in [1.807, 2.05) is 6.92 Å². The summed E-state index contributed by atoms with van der Waals surface area (Å²) < 4.78 is 35.5. The number of halogens is 1. The van der Waals surface area contributed by atoms with Crippen LogP contribution in [-0.4, -0.2) is 14.7 Å². The molecule has 0 heterocycles. The minimum atomic E-state index is -3.45. The highest BCUT2D eigenvalue weighted by Crippen LogP contribution is 2.17. The minimum absolute atomic E-state index is 0.205. The van der Waals surface area contributed by atoms with Gasteiger partial charge in [-0.15, -0.1) is 0 Å². The van der Waals surface area contributed by atoms with Gasteiger partial charge in [0.1, 0.15) is 10.7 Å². The molecular weight excluding hydrogens is 203 g/mol. The molecule has 0 saturated carbocycles. The second-order valence-electron chi connectivity index (χ2n) is 3.29. The zero-order chi connectivity index (χ0) is 10.8. The maximum atomic E-state index is 13.1. The van der Waals surface area contributed by atoms with Gasteiger partial charge in [0.15, 0.2) is 9.84 Å². The summed E-state index contributed by atoms with van der Waals surface area (Å²) in [7, 11) is -3.45. The van der Waals surface area contributed by atoms with Gasteiger partial charge in [-0.25, -0.2) is 12.8 Å². The van der Waals surface area contributed by atoms with Crippen LogP contribution in [0.5, 0.6) is 0 Å². The van der Waals surface area contributed by atoms with Gasteiger partial charge < -0.3 is 0 Å². The lowest BCUT2D eigenvalue weighted by atomic mass is 10.1. The Kier molecular flexibility index (Phi) is 3.26. The first-order valence-corrected chi connectivity index (χ1v) is 6.32. The van der Waals surface area contributed by atoms with Crippen LogP contribution in [-0.2, 0) is 16.3 Å². The van der Waals surface area contributed by atoms with E-state index in [9.17, 15) is 12.8 Å². The number of benzene rings is 1. The summed E-state index contributed by atoms with van der Waals surface area (Å²) >= 11 is 0. The smallest absolute Gasteiger partial charge is 0.178 e. The van der Waals surface area contributed by atoms with Crippen molar-refractivity contribution in [3.63, 3.8) is 0 Å². The molecule has 1 aromatic carbocycles. The minimum Gasteiger partial charge on any atom is -0.224 e. The molecule has 4 heteroatoms.